The Balaban J connectivity index is 1.37. The zero-order valence-corrected chi connectivity index (χ0v) is 19.3. The molecule has 3 aromatic rings. The molecule has 2 aliphatic heterocycles. The van der Waals surface area contributed by atoms with Crippen LogP contribution in [0.5, 0.6) is 0 Å². The molecule has 0 spiro atoms. The van der Waals surface area contributed by atoms with Gasteiger partial charge in [0.2, 0.25) is 5.95 Å². The lowest BCUT2D eigenvalue weighted by atomic mass is 10.1. The average Bonchev–Trinajstić information content (AvgIpc) is 3.42. The highest BCUT2D eigenvalue weighted by Gasteiger charge is 2.29. The van der Waals surface area contributed by atoms with Crippen molar-refractivity contribution in [3.63, 3.8) is 0 Å². The Hall–Kier alpha value is -3.55. The van der Waals surface area contributed by atoms with Crippen molar-refractivity contribution in [3.8, 4) is 0 Å². The monoisotopic (exact) mass is 446 g/mol. The Morgan fingerprint density at radius 2 is 1.76 bits per heavy atom. The second kappa shape index (κ2) is 9.13. The van der Waals surface area contributed by atoms with Gasteiger partial charge in [0.25, 0.3) is 5.91 Å². The van der Waals surface area contributed by atoms with E-state index in [2.05, 4.69) is 52.0 Å². The molecular weight excluding hydrogens is 416 g/mol. The second-order valence-electron chi connectivity index (χ2n) is 8.55. The predicted octanol–water partition coefficient (Wildman–Crippen LogP) is 3.05. The number of hydrogen-bond acceptors (Lipinski definition) is 7. The SMILES string of the molecule is CCN(C)c1nc(N2CCN(c3ccccc3)CC2)nc2c1CN(C(=O)c1ccco1)CC2. The molecule has 1 fully saturated rings. The summed E-state index contributed by atoms with van der Waals surface area (Å²) in [6.45, 7) is 7.71. The summed E-state index contributed by atoms with van der Waals surface area (Å²) in [7, 11) is 2.05. The number of amides is 1. The number of rotatable bonds is 5. The molecule has 4 heterocycles. The van der Waals surface area contributed by atoms with Crippen LogP contribution in [0.15, 0.2) is 53.1 Å². The molecule has 33 heavy (non-hydrogen) atoms. The zero-order valence-electron chi connectivity index (χ0n) is 19.3. The fourth-order valence-corrected chi connectivity index (χ4v) is 4.52. The maximum Gasteiger partial charge on any atom is 0.289 e. The summed E-state index contributed by atoms with van der Waals surface area (Å²) in [6.07, 6.45) is 2.25. The normalized spacial score (nSPS) is 16.0. The summed E-state index contributed by atoms with van der Waals surface area (Å²) in [5, 5.41) is 0. The van der Waals surface area contributed by atoms with E-state index in [1.807, 2.05) is 11.9 Å². The molecule has 2 aliphatic rings. The van der Waals surface area contributed by atoms with Crippen LogP contribution in [-0.4, -0.2) is 67.1 Å². The van der Waals surface area contributed by atoms with Gasteiger partial charge in [-0.3, -0.25) is 4.79 Å². The van der Waals surface area contributed by atoms with Crippen LogP contribution in [0.25, 0.3) is 0 Å². The van der Waals surface area contributed by atoms with E-state index in [4.69, 9.17) is 14.4 Å². The highest BCUT2D eigenvalue weighted by molar-refractivity contribution is 5.91. The van der Waals surface area contributed by atoms with E-state index in [-0.39, 0.29) is 5.91 Å². The number of benzene rings is 1. The number of hydrogen-bond donors (Lipinski definition) is 0. The number of aromatic nitrogens is 2. The van der Waals surface area contributed by atoms with Crippen LogP contribution in [0.2, 0.25) is 0 Å². The Morgan fingerprint density at radius 1 is 1.00 bits per heavy atom. The largest absolute Gasteiger partial charge is 0.459 e. The summed E-state index contributed by atoms with van der Waals surface area (Å²) in [5.41, 5.74) is 3.35. The van der Waals surface area contributed by atoms with Gasteiger partial charge in [-0.25, -0.2) is 4.98 Å². The average molecular weight is 447 g/mol. The van der Waals surface area contributed by atoms with Gasteiger partial charge < -0.3 is 24.0 Å². The van der Waals surface area contributed by atoms with Crippen molar-refractivity contribution in [2.24, 2.45) is 0 Å². The molecule has 0 radical (unpaired) electrons. The summed E-state index contributed by atoms with van der Waals surface area (Å²) in [4.78, 5) is 31.5. The van der Waals surface area contributed by atoms with Crippen LogP contribution in [0.4, 0.5) is 17.5 Å². The van der Waals surface area contributed by atoms with Gasteiger partial charge in [-0.05, 0) is 31.2 Å². The van der Waals surface area contributed by atoms with Gasteiger partial charge in [-0.1, -0.05) is 18.2 Å². The van der Waals surface area contributed by atoms with E-state index in [1.54, 1.807) is 12.1 Å². The molecule has 0 bridgehead atoms. The lowest BCUT2D eigenvalue weighted by Gasteiger charge is -2.37. The molecule has 8 heteroatoms. The van der Waals surface area contributed by atoms with Crippen LogP contribution >= 0.6 is 0 Å². The number of nitrogens with zero attached hydrogens (tertiary/aromatic N) is 6. The number of furan rings is 1. The number of para-hydroxylation sites is 1. The minimum atomic E-state index is -0.0862. The number of piperazine rings is 1. The van der Waals surface area contributed by atoms with Crippen molar-refractivity contribution >= 4 is 23.4 Å². The van der Waals surface area contributed by atoms with E-state index in [0.717, 1.165) is 55.7 Å². The Kier molecular flexibility index (Phi) is 5.90. The van der Waals surface area contributed by atoms with E-state index in [0.29, 0.717) is 25.3 Å². The molecule has 2 aromatic heterocycles. The minimum absolute atomic E-state index is 0.0862. The van der Waals surface area contributed by atoms with Gasteiger partial charge in [0.15, 0.2) is 5.76 Å². The molecule has 1 amide bonds. The van der Waals surface area contributed by atoms with Crippen LogP contribution in [0, 0.1) is 0 Å². The molecular formula is C25H30N6O2. The molecule has 0 atom stereocenters. The first kappa shape index (κ1) is 21.3. The molecule has 5 rings (SSSR count). The quantitative estimate of drug-likeness (QED) is 0.597. The summed E-state index contributed by atoms with van der Waals surface area (Å²) in [5.74, 6) is 2.00. The van der Waals surface area contributed by atoms with Gasteiger partial charge >= 0.3 is 0 Å². The highest BCUT2D eigenvalue weighted by Crippen LogP contribution is 2.30. The van der Waals surface area contributed by atoms with E-state index >= 15 is 0 Å². The van der Waals surface area contributed by atoms with Gasteiger partial charge in [0.1, 0.15) is 5.82 Å². The Morgan fingerprint density at radius 3 is 2.45 bits per heavy atom. The zero-order chi connectivity index (χ0) is 22.8. The maximum absolute atomic E-state index is 12.8. The number of fused-ring (bicyclic) bond motifs is 1. The van der Waals surface area contributed by atoms with Crippen LogP contribution in [0.1, 0.15) is 28.7 Å². The molecule has 172 valence electrons. The summed E-state index contributed by atoms with van der Waals surface area (Å²) in [6, 6.07) is 14.0. The first-order chi connectivity index (χ1) is 16.1. The van der Waals surface area contributed by atoms with E-state index < -0.39 is 0 Å². The van der Waals surface area contributed by atoms with E-state index in [9.17, 15) is 4.79 Å². The molecule has 0 saturated carbocycles. The fourth-order valence-electron chi connectivity index (χ4n) is 4.52. The lowest BCUT2D eigenvalue weighted by molar-refractivity contribution is 0.0701. The first-order valence-corrected chi connectivity index (χ1v) is 11.6. The molecule has 0 aliphatic carbocycles. The third kappa shape index (κ3) is 4.25. The van der Waals surface area contributed by atoms with Gasteiger partial charge in [-0.15, -0.1) is 0 Å². The number of carbonyl (C=O) groups is 1. The fraction of sp³-hybridized carbons (Fsp3) is 0.400. The Bertz CT molecular complexity index is 1090. The standard InChI is InChI=1S/C25H30N6O2/c1-3-28(2)23-20-18-31(24(32)22-10-7-17-33-22)12-11-21(20)26-25(27-23)30-15-13-29(14-16-30)19-8-5-4-6-9-19/h4-10,17H,3,11-16,18H2,1-2H3. The molecule has 0 unspecified atom stereocenters. The second-order valence-corrected chi connectivity index (χ2v) is 8.55. The van der Waals surface area contributed by atoms with Crippen LogP contribution in [0.3, 0.4) is 0 Å². The molecule has 8 nitrogen and oxygen atoms in total. The predicted molar refractivity (Wildman–Crippen MR) is 129 cm³/mol. The molecule has 1 aromatic carbocycles. The summed E-state index contributed by atoms with van der Waals surface area (Å²) >= 11 is 0. The highest BCUT2D eigenvalue weighted by atomic mass is 16.3. The maximum atomic E-state index is 12.8. The van der Waals surface area contributed by atoms with Gasteiger partial charge in [0.05, 0.1) is 18.5 Å². The van der Waals surface area contributed by atoms with Crippen molar-refractivity contribution in [1.82, 2.24) is 14.9 Å². The van der Waals surface area contributed by atoms with Gasteiger partial charge in [0, 0.05) is 64.0 Å². The van der Waals surface area contributed by atoms with Crippen molar-refractivity contribution in [2.75, 3.05) is 61.0 Å². The summed E-state index contributed by atoms with van der Waals surface area (Å²) < 4.78 is 5.33. The van der Waals surface area contributed by atoms with E-state index in [1.165, 1.54) is 12.0 Å². The van der Waals surface area contributed by atoms with Crippen molar-refractivity contribution < 1.29 is 9.21 Å². The van der Waals surface area contributed by atoms with Crippen molar-refractivity contribution in [2.45, 2.75) is 19.9 Å². The van der Waals surface area contributed by atoms with Crippen molar-refractivity contribution in [3.05, 3.63) is 65.7 Å². The van der Waals surface area contributed by atoms with Crippen LogP contribution < -0.4 is 14.7 Å². The third-order valence-corrected chi connectivity index (χ3v) is 6.57. The number of anilines is 3. The number of carbonyl (C=O) groups excluding carboxylic acids is 1. The Labute approximate surface area is 194 Å². The first-order valence-electron chi connectivity index (χ1n) is 11.6. The third-order valence-electron chi connectivity index (χ3n) is 6.57. The van der Waals surface area contributed by atoms with Crippen LogP contribution in [-0.2, 0) is 13.0 Å². The smallest absolute Gasteiger partial charge is 0.289 e. The molecule has 0 N–H and O–H groups in total. The lowest BCUT2D eigenvalue weighted by Crippen LogP contribution is -2.47. The topological polar surface area (TPSA) is 69.0 Å². The minimum Gasteiger partial charge on any atom is -0.459 e. The van der Waals surface area contributed by atoms with Gasteiger partial charge in [-0.2, -0.15) is 4.98 Å². The molecule has 1 saturated heterocycles. The van der Waals surface area contributed by atoms with Crippen molar-refractivity contribution in [1.29, 1.82) is 0 Å².